The fourth-order valence-corrected chi connectivity index (χ4v) is 2.89. The zero-order chi connectivity index (χ0) is 15.2. The summed E-state index contributed by atoms with van der Waals surface area (Å²) in [6.07, 6.45) is 13.0. The highest BCUT2D eigenvalue weighted by Crippen LogP contribution is 2.36. The Morgan fingerprint density at radius 2 is 1.00 bits per heavy atom. The van der Waals surface area contributed by atoms with Crippen LogP contribution < -0.4 is 0 Å². The summed E-state index contributed by atoms with van der Waals surface area (Å²) in [4.78, 5) is 18.9. The van der Waals surface area contributed by atoms with Gasteiger partial charge in [-0.2, -0.15) is 0 Å². The number of ether oxygens (including phenoxy) is 2. The molecule has 2 saturated heterocycles. The van der Waals surface area contributed by atoms with Gasteiger partial charge in [-0.15, -0.1) is 0 Å². The summed E-state index contributed by atoms with van der Waals surface area (Å²) in [6, 6.07) is 0. The molecular formula is C15H24O6. The van der Waals surface area contributed by atoms with Crippen molar-refractivity contribution in [2.75, 3.05) is 0 Å². The maximum Gasteiger partial charge on any atom is 0.314 e. The van der Waals surface area contributed by atoms with Gasteiger partial charge in [0.15, 0.2) is 0 Å². The third kappa shape index (κ3) is 6.44. The average molecular weight is 300 g/mol. The highest BCUT2D eigenvalue weighted by Gasteiger charge is 2.40. The van der Waals surface area contributed by atoms with Crippen LogP contribution in [0, 0.1) is 0 Å². The molecule has 2 aliphatic carbocycles. The molecule has 6 nitrogen and oxygen atoms in total. The molecule has 0 amide bonds. The van der Waals surface area contributed by atoms with Gasteiger partial charge in [-0.3, -0.25) is 9.59 Å². The van der Waals surface area contributed by atoms with Gasteiger partial charge in [0.05, 0.1) is 24.4 Å². The van der Waals surface area contributed by atoms with Gasteiger partial charge >= 0.3 is 11.9 Å². The average Bonchev–Trinajstić information content (AvgIpc) is 3.32. The predicted molar refractivity (Wildman–Crippen MR) is 74.1 cm³/mol. The lowest BCUT2D eigenvalue weighted by Gasteiger charge is -2.00. The van der Waals surface area contributed by atoms with E-state index in [0.717, 1.165) is 0 Å². The Hall–Kier alpha value is -1.14. The van der Waals surface area contributed by atoms with Crippen LogP contribution in [-0.2, 0) is 19.1 Å². The number of carbonyl (C=O) groups is 2. The van der Waals surface area contributed by atoms with Crippen molar-refractivity contribution in [3.63, 3.8) is 0 Å². The topological polar surface area (TPSA) is 99.7 Å². The van der Waals surface area contributed by atoms with Crippen molar-refractivity contribution in [1.29, 1.82) is 0 Å². The van der Waals surface area contributed by atoms with Gasteiger partial charge in [-0.05, 0) is 25.7 Å². The number of carboxylic acids is 2. The Morgan fingerprint density at radius 3 is 1.14 bits per heavy atom. The van der Waals surface area contributed by atoms with E-state index in [0.29, 0.717) is 24.4 Å². The molecule has 4 aliphatic rings. The van der Waals surface area contributed by atoms with Crippen molar-refractivity contribution in [3.05, 3.63) is 0 Å². The van der Waals surface area contributed by atoms with E-state index in [1.807, 2.05) is 0 Å². The van der Waals surface area contributed by atoms with E-state index in [2.05, 4.69) is 0 Å². The molecular weight excluding hydrogens is 276 g/mol. The van der Waals surface area contributed by atoms with E-state index in [1.54, 1.807) is 0 Å². The number of fused-ring (bicyclic) bond motifs is 2. The molecule has 6 heteroatoms. The van der Waals surface area contributed by atoms with E-state index in [-0.39, 0.29) is 0 Å². The molecule has 0 aromatic heterocycles. The van der Waals surface area contributed by atoms with Crippen LogP contribution in [0.15, 0.2) is 0 Å². The van der Waals surface area contributed by atoms with E-state index < -0.39 is 18.4 Å². The second kappa shape index (κ2) is 7.75. The second-order valence-corrected chi connectivity index (χ2v) is 5.96. The lowest BCUT2D eigenvalue weighted by Crippen LogP contribution is -2.03. The van der Waals surface area contributed by atoms with Gasteiger partial charge in [0, 0.05) is 0 Å². The van der Waals surface area contributed by atoms with E-state index in [9.17, 15) is 9.59 Å². The quantitative estimate of drug-likeness (QED) is 0.599. The van der Waals surface area contributed by atoms with Crippen LogP contribution in [0.3, 0.4) is 0 Å². The Labute approximate surface area is 124 Å². The van der Waals surface area contributed by atoms with Crippen LogP contribution in [-0.4, -0.2) is 46.6 Å². The molecule has 2 aliphatic heterocycles. The largest absolute Gasteiger partial charge is 0.481 e. The molecule has 4 atom stereocenters. The Morgan fingerprint density at radius 1 is 0.714 bits per heavy atom. The molecule has 21 heavy (non-hydrogen) atoms. The zero-order valence-corrected chi connectivity index (χ0v) is 12.2. The summed E-state index contributed by atoms with van der Waals surface area (Å²) in [6.45, 7) is 0. The molecule has 4 fully saturated rings. The second-order valence-electron chi connectivity index (χ2n) is 5.96. The van der Waals surface area contributed by atoms with Crippen molar-refractivity contribution in [2.45, 2.75) is 82.2 Å². The van der Waals surface area contributed by atoms with Gasteiger partial charge in [0.25, 0.3) is 0 Å². The lowest BCUT2D eigenvalue weighted by molar-refractivity contribution is -0.147. The minimum Gasteiger partial charge on any atom is -0.481 e. The molecule has 0 radical (unpaired) electrons. The molecule has 0 bridgehead atoms. The standard InChI is InChI=1S/2C6H10O.C3H4O4/c2*1-2-4-6-5(3-1)7-6;4-2(5)1-3(6)7/h2*5-6H,1-4H2;1H2,(H,4,5)(H,6,7). The van der Waals surface area contributed by atoms with Crippen LogP contribution in [0.1, 0.15) is 57.8 Å². The van der Waals surface area contributed by atoms with Crippen molar-refractivity contribution in [1.82, 2.24) is 0 Å². The van der Waals surface area contributed by atoms with Crippen LogP contribution >= 0.6 is 0 Å². The van der Waals surface area contributed by atoms with Gasteiger partial charge in [-0.1, -0.05) is 25.7 Å². The Bertz CT molecular complexity index is 315. The fourth-order valence-electron chi connectivity index (χ4n) is 2.89. The van der Waals surface area contributed by atoms with E-state index in [1.165, 1.54) is 51.4 Å². The smallest absolute Gasteiger partial charge is 0.314 e. The van der Waals surface area contributed by atoms with Crippen molar-refractivity contribution >= 4 is 11.9 Å². The highest BCUT2D eigenvalue weighted by atomic mass is 16.6. The number of aliphatic carboxylic acids is 2. The monoisotopic (exact) mass is 300 g/mol. The van der Waals surface area contributed by atoms with Gasteiger partial charge in [0.2, 0.25) is 0 Å². The first-order chi connectivity index (χ1) is 10.1. The van der Waals surface area contributed by atoms with Crippen molar-refractivity contribution < 1.29 is 29.3 Å². The number of hydrogen-bond donors (Lipinski definition) is 2. The van der Waals surface area contributed by atoms with Crippen LogP contribution in [0.5, 0.6) is 0 Å². The number of hydrogen-bond acceptors (Lipinski definition) is 4. The Balaban J connectivity index is 0.000000115. The summed E-state index contributed by atoms with van der Waals surface area (Å²) in [5, 5.41) is 15.4. The summed E-state index contributed by atoms with van der Waals surface area (Å²) in [5.41, 5.74) is 0. The molecule has 2 heterocycles. The maximum absolute atomic E-state index is 9.43. The molecule has 0 aromatic carbocycles. The minimum absolute atomic E-state index is 0.703. The highest BCUT2D eigenvalue weighted by molar-refractivity contribution is 5.88. The van der Waals surface area contributed by atoms with Crippen LogP contribution in [0.25, 0.3) is 0 Å². The molecule has 4 unspecified atom stereocenters. The number of carboxylic acid groups (broad SMARTS) is 2. The summed E-state index contributed by atoms with van der Waals surface area (Å²) < 4.78 is 10.6. The molecule has 120 valence electrons. The molecule has 2 saturated carbocycles. The third-order valence-corrected chi connectivity index (χ3v) is 4.13. The van der Waals surface area contributed by atoms with Gasteiger partial charge in [0.1, 0.15) is 6.42 Å². The van der Waals surface area contributed by atoms with Crippen molar-refractivity contribution in [3.8, 4) is 0 Å². The van der Waals surface area contributed by atoms with Crippen molar-refractivity contribution in [2.24, 2.45) is 0 Å². The van der Waals surface area contributed by atoms with Gasteiger partial charge in [-0.25, -0.2) is 0 Å². The van der Waals surface area contributed by atoms with Gasteiger partial charge < -0.3 is 19.7 Å². The number of rotatable bonds is 2. The normalized spacial score (nSPS) is 34.7. The maximum atomic E-state index is 9.43. The summed E-state index contributed by atoms with van der Waals surface area (Å²) in [5.74, 6) is -2.62. The van der Waals surface area contributed by atoms with Crippen LogP contribution in [0.4, 0.5) is 0 Å². The lowest BCUT2D eigenvalue weighted by atomic mass is 10.0. The zero-order valence-electron chi connectivity index (χ0n) is 12.2. The summed E-state index contributed by atoms with van der Waals surface area (Å²) in [7, 11) is 0. The van der Waals surface area contributed by atoms with Crippen LogP contribution in [0.2, 0.25) is 0 Å². The van der Waals surface area contributed by atoms with E-state index >= 15 is 0 Å². The minimum atomic E-state index is -1.31. The predicted octanol–water partition coefficient (Wildman–Crippen LogP) is 2.20. The van der Waals surface area contributed by atoms with E-state index in [4.69, 9.17) is 19.7 Å². The fraction of sp³-hybridized carbons (Fsp3) is 0.867. The first kappa shape index (κ1) is 16.2. The first-order valence-corrected chi connectivity index (χ1v) is 7.81. The Kier molecular flexibility index (Phi) is 5.99. The third-order valence-electron chi connectivity index (χ3n) is 4.13. The first-order valence-electron chi connectivity index (χ1n) is 7.81. The molecule has 0 spiro atoms. The molecule has 0 aromatic rings. The summed E-state index contributed by atoms with van der Waals surface area (Å²) >= 11 is 0. The SMILES string of the molecule is C1CCC2OC2C1.C1CCC2OC2C1.O=C(O)CC(=O)O. The molecule has 4 rings (SSSR count). The molecule has 2 N–H and O–H groups in total. The number of epoxide rings is 2.